The lowest BCUT2D eigenvalue weighted by molar-refractivity contribution is 0.0660. The SMILES string of the molecule is COc1ccc(C(=O)N=c2sccn2Cc2ccc(C(=O)O)o2)cc1OC. The van der Waals surface area contributed by atoms with Crippen molar-refractivity contribution in [2.45, 2.75) is 6.54 Å². The highest BCUT2D eigenvalue weighted by atomic mass is 32.1. The molecule has 140 valence electrons. The number of nitrogens with zero attached hydrogens (tertiary/aromatic N) is 2. The summed E-state index contributed by atoms with van der Waals surface area (Å²) >= 11 is 1.28. The molecule has 1 aromatic carbocycles. The third-order valence-electron chi connectivity index (χ3n) is 3.69. The molecule has 0 aliphatic heterocycles. The molecule has 1 amide bonds. The highest BCUT2D eigenvalue weighted by Crippen LogP contribution is 2.27. The second-order valence-corrected chi connectivity index (χ2v) is 6.24. The number of aromatic carboxylic acids is 1. The fourth-order valence-electron chi connectivity index (χ4n) is 2.37. The maximum absolute atomic E-state index is 12.5. The number of carbonyl (C=O) groups is 2. The number of benzene rings is 1. The van der Waals surface area contributed by atoms with Crippen LogP contribution in [0.2, 0.25) is 0 Å². The number of hydrogen-bond donors (Lipinski definition) is 1. The molecule has 0 spiro atoms. The lowest BCUT2D eigenvalue weighted by Gasteiger charge is -2.07. The van der Waals surface area contributed by atoms with Gasteiger partial charge in [0.1, 0.15) is 5.76 Å². The quantitative estimate of drug-likeness (QED) is 0.696. The Bertz CT molecular complexity index is 1050. The number of carboxylic acids is 1. The molecule has 0 radical (unpaired) electrons. The summed E-state index contributed by atoms with van der Waals surface area (Å²) < 4.78 is 17.3. The van der Waals surface area contributed by atoms with Crippen LogP contribution >= 0.6 is 11.3 Å². The molecule has 3 aromatic rings. The van der Waals surface area contributed by atoms with Gasteiger partial charge in [0.15, 0.2) is 16.3 Å². The Kier molecular flexibility index (Phi) is 5.41. The van der Waals surface area contributed by atoms with Crippen LogP contribution in [0.1, 0.15) is 26.7 Å². The Morgan fingerprint density at radius 1 is 1.19 bits per heavy atom. The number of ether oxygens (including phenoxy) is 2. The first-order valence-corrected chi connectivity index (χ1v) is 8.67. The maximum atomic E-state index is 12.5. The van der Waals surface area contributed by atoms with E-state index in [9.17, 15) is 9.59 Å². The van der Waals surface area contributed by atoms with Gasteiger partial charge in [-0.3, -0.25) is 4.79 Å². The van der Waals surface area contributed by atoms with E-state index in [4.69, 9.17) is 19.0 Å². The van der Waals surface area contributed by atoms with E-state index in [1.165, 1.54) is 31.6 Å². The van der Waals surface area contributed by atoms with Gasteiger partial charge in [-0.25, -0.2) is 4.79 Å². The largest absolute Gasteiger partial charge is 0.493 e. The van der Waals surface area contributed by atoms with Crippen LogP contribution in [0.5, 0.6) is 11.5 Å². The predicted octanol–water partition coefficient (Wildman–Crippen LogP) is 2.65. The smallest absolute Gasteiger partial charge is 0.371 e. The highest BCUT2D eigenvalue weighted by Gasteiger charge is 2.12. The molecule has 2 aromatic heterocycles. The van der Waals surface area contributed by atoms with Crippen molar-refractivity contribution in [2.24, 2.45) is 4.99 Å². The average molecular weight is 388 g/mol. The first-order chi connectivity index (χ1) is 13.0. The molecular weight excluding hydrogens is 372 g/mol. The Balaban J connectivity index is 1.86. The van der Waals surface area contributed by atoms with Crippen LogP contribution in [0.3, 0.4) is 0 Å². The van der Waals surface area contributed by atoms with Crippen molar-refractivity contribution in [3.05, 3.63) is 63.8 Å². The van der Waals surface area contributed by atoms with Gasteiger partial charge in [0.05, 0.1) is 20.8 Å². The molecule has 9 heteroatoms. The number of aromatic nitrogens is 1. The van der Waals surface area contributed by atoms with Crippen molar-refractivity contribution in [3.63, 3.8) is 0 Å². The van der Waals surface area contributed by atoms with Gasteiger partial charge in [-0.15, -0.1) is 11.3 Å². The molecular formula is C18H16N2O6S. The minimum absolute atomic E-state index is 0.138. The van der Waals surface area contributed by atoms with Crippen LogP contribution in [0.15, 0.2) is 51.3 Å². The van der Waals surface area contributed by atoms with Gasteiger partial charge in [0, 0.05) is 17.1 Å². The van der Waals surface area contributed by atoms with Gasteiger partial charge in [-0.05, 0) is 30.3 Å². The first kappa shape index (κ1) is 18.5. The Morgan fingerprint density at radius 3 is 2.63 bits per heavy atom. The van der Waals surface area contributed by atoms with Gasteiger partial charge in [0.25, 0.3) is 5.91 Å². The number of furan rings is 1. The lowest BCUT2D eigenvalue weighted by atomic mass is 10.2. The van der Waals surface area contributed by atoms with E-state index in [-0.39, 0.29) is 12.3 Å². The Morgan fingerprint density at radius 2 is 1.96 bits per heavy atom. The molecule has 0 saturated carbocycles. The summed E-state index contributed by atoms with van der Waals surface area (Å²) in [4.78, 5) is 28.0. The van der Waals surface area contributed by atoms with Crippen LogP contribution in [-0.2, 0) is 6.54 Å². The van der Waals surface area contributed by atoms with Crippen molar-refractivity contribution in [1.29, 1.82) is 0 Å². The number of rotatable bonds is 6. The monoisotopic (exact) mass is 388 g/mol. The summed E-state index contributed by atoms with van der Waals surface area (Å²) in [6.07, 6.45) is 1.74. The summed E-state index contributed by atoms with van der Waals surface area (Å²) in [5.74, 6) is -0.295. The van der Waals surface area contributed by atoms with Crippen molar-refractivity contribution in [3.8, 4) is 11.5 Å². The van der Waals surface area contributed by atoms with Crippen molar-refractivity contribution >= 4 is 23.2 Å². The van der Waals surface area contributed by atoms with E-state index < -0.39 is 11.9 Å². The van der Waals surface area contributed by atoms with Crippen LogP contribution < -0.4 is 14.3 Å². The number of amides is 1. The molecule has 0 aliphatic carbocycles. The summed E-state index contributed by atoms with van der Waals surface area (Å²) in [5, 5.41) is 10.7. The summed E-state index contributed by atoms with van der Waals surface area (Å²) in [6, 6.07) is 7.77. The number of thiazole rings is 1. The molecule has 2 heterocycles. The fraction of sp³-hybridized carbons (Fsp3) is 0.167. The minimum atomic E-state index is -1.13. The average Bonchev–Trinajstić information content (AvgIpc) is 3.31. The second-order valence-electron chi connectivity index (χ2n) is 5.37. The van der Waals surface area contributed by atoms with Gasteiger partial charge >= 0.3 is 5.97 Å². The molecule has 1 N–H and O–H groups in total. The molecule has 0 saturated heterocycles. The summed E-state index contributed by atoms with van der Waals surface area (Å²) in [7, 11) is 3.01. The molecule has 0 fully saturated rings. The van der Waals surface area contributed by atoms with Gasteiger partial charge in [0.2, 0.25) is 5.76 Å². The normalized spacial score (nSPS) is 11.4. The van der Waals surface area contributed by atoms with Crippen LogP contribution in [0.4, 0.5) is 0 Å². The van der Waals surface area contributed by atoms with Gasteiger partial charge in [-0.2, -0.15) is 4.99 Å². The molecule has 0 aliphatic rings. The standard InChI is InChI=1S/C18H16N2O6S/c1-24-13-5-3-11(9-15(13)25-2)16(21)19-18-20(7-8-27-18)10-12-4-6-14(26-12)17(22)23/h3-9H,10H2,1-2H3,(H,22,23). The zero-order valence-corrected chi connectivity index (χ0v) is 15.4. The van der Waals surface area contributed by atoms with E-state index in [1.54, 1.807) is 40.4 Å². The van der Waals surface area contributed by atoms with Crippen molar-refractivity contribution < 1.29 is 28.6 Å². The first-order valence-electron chi connectivity index (χ1n) is 7.79. The van der Waals surface area contributed by atoms with Crippen molar-refractivity contribution in [2.75, 3.05) is 14.2 Å². The number of carbonyl (C=O) groups excluding carboxylic acids is 1. The molecule has 0 bridgehead atoms. The molecule has 8 nitrogen and oxygen atoms in total. The van der Waals surface area contributed by atoms with Crippen LogP contribution in [0, 0.1) is 0 Å². The fourth-order valence-corrected chi connectivity index (χ4v) is 3.10. The molecule has 27 heavy (non-hydrogen) atoms. The second kappa shape index (κ2) is 7.92. The number of carboxylic acid groups (broad SMARTS) is 1. The number of methoxy groups -OCH3 is 2. The van der Waals surface area contributed by atoms with E-state index in [2.05, 4.69) is 4.99 Å². The topological polar surface area (TPSA) is 103 Å². The summed E-state index contributed by atoms with van der Waals surface area (Å²) in [6.45, 7) is 0.259. The predicted molar refractivity (Wildman–Crippen MR) is 96.5 cm³/mol. The van der Waals surface area contributed by atoms with E-state index in [0.29, 0.717) is 27.6 Å². The Labute approximate surface area is 157 Å². The zero-order chi connectivity index (χ0) is 19.4. The number of hydrogen-bond acceptors (Lipinski definition) is 6. The van der Waals surface area contributed by atoms with E-state index in [0.717, 1.165) is 0 Å². The summed E-state index contributed by atoms with van der Waals surface area (Å²) in [5.41, 5.74) is 0.360. The van der Waals surface area contributed by atoms with E-state index in [1.807, 2.05) is 0 Å². The Hall–Kier alpha value is -3.33. The minimum Gasteiger partial charge on any atom is -0.493 e. The van der Waals surface area contributed by atoms with Gasteiger partial charge < -0.3 is 23.6 Å². The highest BCUT2D eigenvalue weighted by molar-refractivity contribution is 7.07. The third-order valence-corrected chi connectivity index (χ3v) is 4.48. The third kappa shape index (κ3) is 4.09. The van der Waals surface area contributed by atoms with E-state index >= 15 is 0 Å². The molecule has 0 atom stereocenters. The molecule has 0 unspecified atom stereocenters. The van der Waals surface area contributed by atoms with Crippen molar-refractivity contribution in [1.82, 2.24) is 4.57 Å². The van der Waals surface area contributed by atoms with Gasteiger partial charge in [-0.1, -0.05) is 0 Å². The maximum Gasteiger partial charge on any atom is 0.371 e. The molecule has 3 rings (SSSR count). The van der Waals surface area contributed by atoms with Crippen LogP contribution in [0.25, 0.3) is 0 Å². The zero-order valence-electron chi connectivity index (χ0n) is 14.5. The van der Waals surface area contributed by atoms with Crippen LogP contribution in [-0.4, -0.2) is 35.8 Å². The lowest BCUT2D eigenvalue weighted by Crippen LogP contribution is -2.16.